The number of benzene rings is 1. The van der Waals surface area contributed by atoms with Gasteiger partial charge in [0.25, 0.3) is 0 Å². The Balaban J connectivity index is 0.00000196. The van der Waals surface area contributed by atoms with Crippen molar-refractivity contribution in [3.05, 3.63) is 45.4 Å². The molecule has 0 unspecified atom stereocenters. The molecule has 0 heterocycles. The highest BCUT2D eigenvalue weighted by molar-refractivity contribution is 9.13. The summed E-state index contributed by atoms with van der Waals surface area (Å²) in [5.41, 5.74) is 7.17. The molecule has 2 N–H and O–H groups in total. The lowest BCUT2D eigenvalue weighted by Gasteiger charge is -2.11. The van der Waals surface area contributed by atoms with Crippen molar-refractivity contribution in [1.29, 1.82) is 0 Å². The zero-order chi connectivity index (χ0) is 10.6. The van der Waals surface area contributed by atoms with Crippen molar-refractivity contribution >= 4 is 44.3 Å². The molecule has 1 rings (SSSR count). The maximum absolute atomic E-state index is 6.02. The number of hydrogen-bond donors (Lipinski definition) is 1. The molecule has 1 atom stereocenters. The van der Waals surface area contributed by atoms with E-state index in [1.54, 1.807) is 0 Å². The van der Waals surface area contributed by atoms with Crippen LogP contribution in [-0.2, 0) is 0 Å². The van der Waals surface area contributed by atoms with Crippen LogP contribution < -0.4 is 5.73 Å². The van der Waals surface area contributed by atoms with Crippen molar-refractivity contribution in [1.82, 2.24) is 0 Å². The van der Waals surface area contributed by atoms with Gasteiger partial charge in [-0.05, 0) is 62.4 Å². The predicted molar refractivity (Wildman–Crippen MR) is 75.4 cm³/mol. The molecule has 15 heavy (non-hydrogen) atoms. The summed E-state index contributed by atoms with van der Waals surface area (Å²) in [4.78, 5) is 0. The Morgan fingerprint density at radius 2 is 2.00 bits per heavy atom. The summed E-state index contributed by atoms with van der Waals surface area (Å²) in [5.74, 6) is 0. The molecule has 0 saturated carbocycles. The van der Waals surface area contributed by atoms with Gasteiger partial charge in [-0.2, -0.15) is 0 Å². The molecule has 0 radical (unpaired) electrons. The Kier molecular flexibility index (Phi) is 7.53. The molecule has 84 valence electrons. The van der Waals surface area contributed by atoms with Crippen molar-refractivity contribution < 1.29 is 0 Å². The van der Waals surface area contributed by atoms with Gasteiger partial charge >= 0.3 is 0 Å². The monoisotopic (exact) mass is 353 g/mol. The topological polar surface area (TPSA) is 26.0 Å². The predicted octanol–water partition coefficient (Wildman–Crippen LogP) is 4.60. The van der Waals surface area contributed by atoms with Crippen LogP contribution in [0.3, 0.4) is 0 Å². The van der Waals surface area contributed by atoms with E-state index in [4.69, 9.17) is 5.73 Å². The Labute approximate surface area is 114 Å². The van der Waals surface area contributed by atoms with E-state index in [1.807, 2.05) is 18.2 Å². The summed E-state index contributed by atoms with van der Waals surface area (Å²) >= 11 is 6.89. The first-order valence-corrected chi connectivity index (χ1v) is 6.05. The quantitative estimate of drug-likeness (QED) is 0.785. The minimum atomic E-state index is 0. The van der Waals surface area contributed by atoms with Gasteiger partial charge in [0.05, 0.1) is 0 Å². The largest absolute Gasteiger partial charge is 0.324 e. The summed E-state index contributed by atoms with van der Waals surface area (Å²) in [6.07, 6.45) is 3.79. The third-order valence-corrected chi connectivity index (χ3v) is 3.93. The maximum Gasteiger partial charge on any atom is 0.0320 e. The molecule has 0 aromatic heterocycles. The molecule has 0 saturated heterocycles. The van der Waals surface area contributed by atoms with Crippen molar-refractivity contribution in [2.45, 2.75) is 18.9 Å². The zero-order valence-corrected chi connectivity index (χ0v) is 12.2. The molecular formula is C11H14Br2ClN. The zero-order valence-electron chi connectivity index (χ0n) is 8.25. The van der Waals surface area contributed by atoms with E-state index in [1.165, 1.54) is 0 Å². The molecule has 0 amide bonds. The van der Waals surface area contributed by atoms with Gasteiger partial charge in [0.2, 0.25) is 0 Å². The van der Waals surface area contributed by atoms with Gasteiger partial charge in [-0.1, -0.05) is 12.1 Å². The molecule has 1 aromatic carbocycles. The molecule has 0 fully saturated rings. The first-order chi connectivity index (χ1) is 6.65. The van der Waals surface area contributed by atoms with Crippen LogP contribution in [0.4, 0.5) is 0 Å². The summed E-state index contributed by atoms with van der Waals surface area (Å²) in [6, 6.07) is 6.20. The van der Waals surface area contributed by atoms with E-state index in [0.29, 0.717) is 0 Å². The van der Waals surface area contributed by atoms with Crippen LogP contribution in [0.5, 0.6) is 0 Å². The fourth-order valence-electron chi connectivity index (χ4n) is 1.21. The van der Waals surface area contributed by atoms with E-state index in [2.05, 4.69) is 44.5 Å². The fourth-order valence-corrected chi connectivity index (χ4v) is 1.85. The van der Waals surface area contributed by atoms with E-state index in [9.17, 15) is 0 Å². The highest BCUT2D eigenvalue weighted by atomic mass is 79.9. The fraction of sp³-hybridized carbons (Fsp3) is 0.273. The summed E-state index contributed by atoms with van der Waals surface area (Å²) in [5, 5.41) is 0. The Morgan fingerprint density at radius 1 is 1.33 bits per heavy atom. The average molecular weight is 356 g/mol. The smallest absolute Gasteiger partial charge is 0.0320 e. The lowest BCUT2D eigenvalue weighted by Crippen LogP contribution is -2.09. The van der Waals surface area contributed by atoms with Crippen LogP contribution in [0.1, 0.15) is 24.4 Å². The molecule has 1 aromatic rings. The number of allylic oxidation sites excluding steroid dienone is 1. The minimum Gasteiger partial charge on any atom is -0.324 e. The van der Waals surface area contributed by atoms with E-state index in [0.717, 1.165) is 27.4 Å². The second-order valence-corrected chi connectivity index (χ2v) is 4.85. The highest BCUT2D eigenvalue weighted by Crippen LogP contribution is 2.27. The maximum atomic E-state index is 6.02. The van der Waals surface area contributed by atoms with Crippen LogP contribution in [0.2, 0.25) is 0 Å². The molecule has 0 aliphatic rings. The normalized spacial score (nSPS) is 11.7. The minimum absolute atomic E-state index is 0. The van der Waals surface area contributed by atoms with Crippen molar-refractivity contribution in [3.8, 4) is 0 Å². The second-order valence-electron chi connectivity index (χ2n) is 3.15. The average Bonchev–Trinajstić information content (AvgIpc) is 2.18. The molecule has 4 heteroatoms. The Hall–Kier alpha value is 0.170. The van der Waals surface area contributed by atoms with E-state index in [-0.39, 0.29) is 18.4 Å². The van der Waals surface area contributed by atoms with E-state index >= 15 is 0 Å². The number of nitrogens with two attached hydrogens (primary N) is 1. The number of halogens is 3. The van der Waals surface area contributed by atoms with Crippen LogP contribution in [0, 0.1) is 0 Å². The van der Waals surface area contributed by atoms with Crippen LogP contribution in [0.15, 0.2) is 39.8 Å². The van der Waals surface area contributed by atoms with Crippen LogP contribution in [0.25, 0.3) is 0 Å². The molecule has 0 bridgehead atoms. The number of hydrogen-bond acceptors (Lipinski definition) is 1. The van der Waals surface area contributed by atoms with Crippen molar-refractivity contribution in [2.75, 3.05) is 0 Å². The number of rotatable bonds is 4. The summed E-state index contributed by atoms with van der Waals surface area (Å²) in [7, 11) is 0. The standard InChI is InChI=1S/C11H13Br2N.ClH/c1-2-3-4-11(14)8-5-6-9(12)10(13)7-8;/h2,5-7,11H,1,3-4,14H2;1H/t11-;/m1./s1. The van der Waals surface area contributed by atoms with Crippen LogP contribution >= 0.6 is 44.3 Å². The summed E-state index contributed by atoms with van der Waals surface area (Å²) in [6.45, 7) is 3.69. The van der Waals surface area contributed by atoms with Gasteiger partial charge < -0.3 is 5.73 Å². The van der Waals surface area contributed by atoms with Crippen molar-refractivity contribution in [2.24, 2.45) is 5.73 Å². The van der Waals surface area contributed by atoms with Crippen molar-refractivity contribution in [3.63, 3.8) is 0 Å². The molecular weight excluding hydrogens is 341 g/mol. The lowest BCUT2D eigenvalue weighted by molar-refractivity contribution is 0.661. The van der Waals surface area contributed by atoms with Gasteiger partial charge in [-0.3, -0.25) is 0 Å². The van der Waals surface area contributed by atoms with Gasteiger partial charge in [0.15, 0.2) is 0 Å². The highest BCUT2D eigenvalue weighted by Gasteiger charge is 2.06. The first-order valence-electron chi connectivity index (χ1n) is 4.46. The third kappa shape index (κ3) is 4.68. The van der Waals surface area contributed by atoms with Gasteiger partial charge in [0, 0.05) is 15.0 Å². The van der Waals surface area contributed by atoms with E-state index < -0.39 is 0 Å². The molecule has 1 nitrogen and oxygen atoms in total. The molecule has 0 spiro atoms. The molecule has 0 aliphatic heterocycles. The van der Waals surface area contributed by atoms with Gasteiger partial charge in [0.1, 0.15) is 0 Å². The third-order valence-electron chi connectivity index (χ3n) is 2.05. The van der Waals surface area contributed by atoms with Gasteiger partial charge in [-0.15, -0.1) is 19.0 Å². The van der Waals surface area contributed by atoms with Crippen LogP contribution in [-0.4, -0.2) is 0 Å². The second kappa shape index (κ2) is 7.44. The Bertz CT molecular complexity index is 328. The Morgan fingerprint density at radius 3 is 2.53 bits per heavy atom. The molecule has 0 aliphatic carbocycles. The lowest BCUT2D eigenvalue weighted by atomic mass is 10.0. The SMILES string of the molecule is C=CCC[C@@H](N)c1ccc(Br)c(Br)c1.Cl. The summed E-state index contributed by atoms with van der Waals surface area (Å²) < 4.78 is 2.10. The first kappa shape index (κ1) is 15.2. The van der Waals surface area contributed by atoms with Gasteiger partial charge in [-0.25, -0.2) is 0 Å².